The second-order valence-corrected chi connectivity index (χ2v) is 7.59. The van der Waals surface area contributed by atoms with E-state index in [1.54, 1.807) is 35.6 Å². The molecule has 3 nitrogen and oxygen atoms in total. The maximum Gasteiger partial charge on any atom is 0.251 e. The van der Waals surface area contributed by atoms with Crippen molar-refractivity contribution >= 4 is 28.8 Å². The standard InChI is InChI=1S/C23H17ClN2OS/c24-20-8-4-7-19(13-20)22(27)25-14-16-9-11-17(12-10-16)21-15-28-23(26-21)18-5-2-1-3-6-18/h1-13,15H,14H2,(H,25,27). The topological polar surface area (TPSA) is 42.0 Å². The third-order valence-electron chi connectivity index (χ3n) is 4.31. The highest BCUT2D eigenvalue weighted by molar-refractivity contribution is 7.13. The smallest absolute Gasteiger partial charge is 0.251 e. The van der Waals surface area contributed by atoms with Gasteiger partial charge in [0.1, 0.15) is 5.01 Å². The molecule has 0 fully saturated rings. The maximum absolute atomic E-state index is 12.2. The lowest BCUT2D eigenvalue weighted by atomic mass is 10.1. The number of hydrogen-bond acceptors (Lipinski definition) is 3. The Morgan fingerprint density at radius 2 is 1.71 bits per heavy atom. The second kappa shape index (κ2) is 8.38. The molecule has 0 radical (unpaired) electrons. The summed E-state index contributed by atoms with van der Waals surface area (Å²) in [5.41, 5.74) is 4.72. The average Bonchev–Trinajstić information content (AvgIpc) is 3.23. The van der Waals surface area contributed by atoms with Crippen LogP contribution in [0.4, 0.5) is 0 Å². The van der Waals surface area contributed by atoms with Gasteiger partial charge < -0.3 is 5.32 Å². The number of benzene rings is 3. The fourth-order valence-electron chi connectivity index (χ4n) is 2.83. The van der Waals surface area contributed by atoms with Gasteiger partial charge in [-0.05, 0) is 23.8 Å². The summed E-state index contributed by atoms with van der Waals surface area (Å²) in [5.74, 6) is -0.140. The molecule has 4 rings (SSSR count). The first-order valence-electron chi connectivity index (χ1n) is 8.83. The van der Waals surface area contributed by atoms with Crippen molar-refractivity contribution in [3.05, 3.63) is 100 Å². The van der Waals surface area contributed by atoms with E-state index < -0.39 is 0 Å². The van der Waals surface area contributed by atoms with Crippen LogP contribution >= 0.6 is 22.9 Å². The summed E-state index contributed by atoms with van der Waals surface area (Å²) in [6.45, 7) is 0.456. The number of amides is 1. The van der Waals surface area contributed by atoms with Crippen LogP contribution < -0.4 is 5.32 Å². The first kappa shape index (κ1) is 18.4. The van der Waals surface area contributed by atoms with E-state index in [1.807, 2.05) is 42.5 Å². The number of hydrogen-bond donors (Lipinski definition) is 1. The molecule has 138 valence electrons. The first-order valence-corrected chi connectivity index (χ1v) is 10.1. The molecule has 0 spiro atoms. The minimum absolute atomic E-state index is 0.140. The van der Waals surface area contributed by atoms with Gasteiger partial charge in [0.15, 0.2) is 0 Å². The molecule has 0 aliphatic carbocycles. The third-order valence-corrected chi connectivity index (χ3v) is 5.44. The Hall–Kier alpha value is -2.95. The fourth-order valence-corrected chi connectivity index (χ4v) is 3.85. The van der Waals surface area contributed by atoms with E-state index in [9.17, 15) is 4.79 Å². The highest BCUT2D eigenvalue weighted by Crippen LogP contribution is 2.28. The van der Waals surface area contributed by atoms with E-state index in [0.29, 0.717) is 17.1 Å². The molecule has 0 saturated heterocycles. The Balaban J connectivity index is 1.42. The predicted molar refractivity (Wildman–Crippen MR) is 116 cm³/mol. The van der Waals surface area contributed by atoms with E-state index in [0.717, 1.165) is 27.4 Å². The van der Waals surface area contributed by atoms with Gasteiger partial charge in [-0.3, -0.25) is 4.79 Å². The second-order valence-electron chi connectivity index (χ2n) is 6.29. The summed E-state index contributed by atoms with van der Waals surface area (Å²) in [4.78, 5) is 17.0. The number of rotatable bonds is 5. The summed E-state index contributed by atoms with van der Waals surface area (Å²) in [7, 11) is 0. The van der Waals surface area contributed by atoms with E-state index in [1.165, 1.54) is 0 Å². The van der Waals surface area contributed by atoms with E-state index in [-0.39, 0.29) is 5.91 Å². The number of thiazole rings is 1. The largest absolute Gasteiger partial charge is 0.348 e. The zero-order chi connectivity index (χ0) is 19.3. The Bertz CT molecular complexity index is 1090. The van der Waals surface area contributed by atoms with Crippen LogP contribution in [-0.4, -0.2) is 10.9 Å². The SMILES string of the molecule is O=C(NCc1ccc(-c2csc(-c3ccccc3)n2)cc1)c1cccc(Cl)c1. The highest BCUT2D eigenvalue weighted by atomic mass is 35.5. The normalized spacial score (nSPS) is 10.6. The molecule has 0 bridgehead atoms. The molecule has 1 heterocycles. The molecule has 0 unspecified atom stereocenters. The number of halogens is 1. The van der Waals surface area contributed by atoms with Crippen LogP contribution in [0.25, 0.3) is 21.8 Å². The van der Waals surface area contributed by atoms with Gasteiger partial charge in [-0.2, -0.15) is 0 Å². The zero-order valence-corrected chi connectivity index (χ0v) is 16.5. The van der Waals surface area contributed by atoms with Gasteiger partial charge in [0, 0.05) is 33.6 Å². The molecule has 28 heavy (non-hydrogen) atoms. The van der Waals surface area contributed by atoms with Gasteiger partial charge in [-0.15, -0.1) is 11.3 Å². The molecule has 1 amide bonds. The van der Waals surface area contributed by atoms with Gasteiger partial charge in [0.05, 0.1) is 5.69 Å². The van der Waals surface area contributed by atoms with Crippen molar-refractivity contribution in [1.82, 2.24) is 10.3 Å². The highest BCUT2D eigenvalue weighted by Gasteiger charge is 2.08. The van der Waals surface area contributed by atoms with Crippen molar-refractivity contribution in [2.45, 2.75) is 6.54 Å². The molecule has 0 aliphatic heterocycles. The molecular formula is C23H17ClN2OS. The van der Waals surface area contributed by atoms with Gasteiger partial charge >= 0.3 is 0 Å². The molecule has 4 aromatic rings. The van der Waals surface area contributed by atoms with Crippen LogP contribution in [0.15, 0.2) is 84.2 Å². The Morgan fingerprint density at radius 1 is 0.929 bits per heavy atom. The van der Waals surface area contributed by atoms with Gasteiger partial charge in [-0.25, -0.2) is 4.98 Å². The monoisotopic (exact) mass is 404 g/mol. The van der Waals surface area contributed by atoms with Crippen molar-refractivity contribution in [2.75, 3.05) is 0 Å². The predicted octanol–water partition coefficient (Wildman–Crippen LogP) is 6.06. The molecule has 0 saturated carbocycles. The molecule has 3 aromatic carbocycles. The Kier molecular flexibility index (Phi) is 5.51. The fraction of sp³-hybridized carbons (Fsp3) is 0.0435. The van der Waals surface area contributed by atoms with Crippen molar-refractivity contribution < 1.29 is 4.79 Å². The van der Waals surface area contributed by atoms with Crippen molar-refractivity contribution in [1.29, 1.82) is 0 Å². The van der Waals surface area contributed by atoms with Crippen molar-refractivity contribution in [3.8, 4) is 21.8 Å². The van der Waals surface area contributed by atoms with Crippen LogP contribution in [0.2, 0.25) is 5.02 Å². The minimum Gasteiger partial charge on any atom is -0.348 e. The lowest BCUT2D eigenvalue weighted by Gasteiger charge is -2.06. The lowest BCUT2D eigenvalue weighted by molar-refractivity contribution is 0.0951. The van der Waals surface area contributed by atoms with Crippen molar-refractivity contribution in [2.24, 2.45) is 0 Å². The van der Waals surface area contributed by atoms with E-state index in [4.69, 9.17) is 16.6 Å². The Morgan fingerprint density at radius 3 is 2.46 bits per heavy atom. The first-order chi connectivity index (χ1) is 13.7. The molecule has 1 N–H and O–H groups in total. The van der Waals surface area contributed by atoms with Gasteiger partial charge in [0.25, 0.3) is 5.91 Å². The minimum atomic E-state index is -0.140. The summed E-state index contributed by atoms with van der Waals surface area (Å²) in [6, 6.07) is 25.2. The quantitative estimate of drug-likeness (QED) is 0.439. The maximum atomic E-state index is 12.2. The van der Waals surface area contributed by atoms with E-state index in [2.05, 4.69) is 22.8 Å². The van der Waals surface area contributed by atoms with Crippen LogP contribution in [0.5, 0.6) is 0 Å². The number of carbonyl (C=O) groups excluding carboxylic acids is 1. The Labute approximate surface area is 172 Å². The van der Waals surface area contributed by atoms with Crippen LogP contribution in [-0.2, 0) is 6.54 Å². The van der Waals surface area contributed by atoms with Crippen LogP contribution in [0.3, 0.4) is 0 Å². The summed E-state index contributed by atoms with van der Waals surface area (Å²) < 4.78 is 0. The van der Waals surface area contributed by atoms with Crippen LogP contribution in [0, 0.1) is 0 Å². The lowest BCUT2D eigenvalue weighted by Crippen LogP contribution is -2.22. The number of carbonyl (C=O) groups is 1. The molecule has 0 aliphatic rings. The molecule has 5 heteroatoms. The van der Waals surface area contributed by atoms with Gasteiger partial charge in [-0.1, -0.05) is 72.3 Å². The van der Waals surface area contributed by atoms with Crippen LogP contribution in [0.1, 0.15) is 15.9 Å². The zero-order valence-electron chi connectivity index (χ0n) is 14.9. The summed E-state index contributed by atoms with van der Waals surface area (Å²) in [6.07, 6.45) is 0. The van der Waals surface area contributed by atoms with Crippen molar-refractivity contribution in [3.63, 3.8) is 0 Å². The molecule has 1 aromatic heterocycles. The summed E-state index contributed by atoms with van der Waals surface area (Å²) >= 11 is 7.57. The molecule has 0 atom stereocenters. The van der Waals surface area contributed by atoms with Gasteiger partial charge in [0.2, 0.25) is 0 Å². The third kappa shape index (κ3) is 4.30. The molecular weight excluding hydrogens is 388 g/mol. The number of aromatic nitrogens is 1. The van der Waals surface area contributed by atoms with E-state index >= 15 is 0 Å². The summed E-state index contributed by atoms with van der Waals surface area (Å²) in [5, 5.41) is 6.54. The number of nitrogens with one attached hydrogen (secondary N) is 1. The number of nitrogens with zero attached hydrogens (tertiary/aromatic N) is 1. The average molecular weight is 405 g/mol.